The van der Waals surface area contributed by atoms with E-state index in [1.165, 1.54) is 0 Å². The summed E-state index contributed by atoms with van der Waals surface area (Å²) in [7, 11) is 0. The van der Waals surface area contributed by atoms with Crippen molar-refractivity contribution in [3.63, 3.8) is 0 Å². The molecule has 7 heavy (non-hydrogen) atoms. The second-order valence-corrected chi connectivity index (χ2v) is 1.60. The maximum Gasteiger partial charge on any atom is 1.00 e. The van der Waals surface area contributed by atoms with E-state index in [0.717, 1.165) is 19.4 Å². The van der Waals surface area contributed by atoms with Crippen molar-refractivity contribution in [3.8, 4) is 0 Å². The van der Waals surface area contributed by atoms with Crippen molar-refractivity contribution >= 4 is 0 Å². The van der Waals surface area contributed by atoms with Crippen LogP contribution in [0.25, 0.3) is 0 Å². The molecule has 0 bridgehead atoms. The quantitative estimate of drug-likeness (QED) is 0.218. The monoisotopic (exact) mass is 92.1 g/mol. The third-order valence-corrected chi connectivity index (χ3v) is 0.928. The molecule has 2 heteroatoms. The van der Waals surface area contributed by atoms with Gasteiger partial charge in [0.1, 0.15) is 0 Å². The van der Waals surface area contributed by atoms with E-state index in [1.54, 1.807) is 0 Å². The van der Waals surface area contributed by atoms with Crippen molar-refractivity contribution in [1.82, 2.24) is 0 Å². The molecule has 1 unspecified atom stereocenters. The van der Waals surface area contributed by atoms with E-state index in [4.69, 9.17) is 4.74 Å². The van der Waals surface area contributed by atoms with E-state index in [1.807, 2.05) is 0 Å². The minimum Gasteiger partial charge on any atom is -0.373 e. The van der Waals surface area contributed by atoms with Gasteiger partial charge in [-0.15, -0.1) is 0 Å². The largest absolute Gasteiger partial charge is 1.00 e. The Balaban J connectivity index is 0.000000360. The molecule has 0 radical (unpaired) electrons. The van der Waals surface area contributed by atoms with E-state index in [0.29, 0.717) is 6.10 Å². The van der Waals surface area contributed by atoms with E-state index in [-0.39, 0.29) is 18.9 Å². The van der Waals surface area contributed by atoms with Gasteiger partial charge < -0.3 is 11.7 Å². The van der Waals surface area contributed by atoms with Crippen LogP contribution < -0.4 is 18.9 Å². The summed E-state index contributed by atoms with van der Waals surface area (Å²) >= 11 is 0. The van der Waals surface area contributed by atoms with E-state index in [2.05, 4.69) is 6.92 Å². The average molecular weight is 92.1 g/mol. The molecule has 1 heterocycles. The molecular formula is C5H9LiO. The van der Waals surface area contributed by atoms with E-state index < -0.39 is 0 Å². The summed E-state index contributed by atoms with van der Waals surface area (Å²) < 4.78 is 4.91. The van der Waals surface area contributed by atoms with Crippen LogP contribution in [-0.2, 0) is 4.74 Å². The van der Waals surface area contributed by atoms with Crippen LogP contribution >= 0.6 is 0 Å². The summed E-state index contributed by atoms with van der Waals surface area (Å²) in [4.78, 5) is 0. The van der Waals surface area contributed by atoms with Crippen LogP contribution in [0.15, 0.2) is 0 Å². The molecule has 1 aliphatic heterocycles. The number of ether oxygens (including phenoxy) is 1. The normalized spacial score (nSPS) is 26.1. The van der Waals surface area contributed by atoms with E-state index in [9.17, 15) is 0 Å². The van der Waals surface area contributed by atoms with Gasteiger partial charge in [0.25, 0.3) is 0 Å². The maximum atomic E-state index is 4.91. The molecule has 1 rings (SSSR count). The smallest absolute Gasteiger partial charge is 0.373 e. The van der Waals surface area contributed by atoms with Crippen LogP contribution in [0.2, 0.25) is 0 Å². The Morgan fingerprint density at radius 2 is 2.29 bits per heavy atom. The summed E-state index contributed by atoms with van der Waals surface area (Å²) in [6.45, 7) is 4.67. The third kappa shape index (κ3) is 3.17. The van der Waals surface area contributed by atoms with Gasteiger partial charge in [-0.2, -0.15) is 6.42 Å². The standard InChI is InChI=1S/C5H9O.Li/c1-2-3-5-4-6-5;/h5H,1-4H2;/q-1;+1. The molecular weight excluding hydrogens is 83.0 g/mol. The molecule has 0 aromatic rings. The van der Waals surface area contributed by atoms with Crippen molar-refractivity contribution in [2.45, 2.75) is 18.9 Å². The number of rotatable bonds is 2. The predicted molar refractivity (Wildman–Crippen MR) is 24.3 cm³/mol. The van der Waals surface area contributed by atoms with Gasteiger partial charge in [0.2, 0.25) is 0 Å². The molecule has 1 fully saturated rings. The summed E-state index contributed by atoms with van der Waals surface area (Å²) in [6.07, 6.45) is 2.76. The zero-order valence-electron chi connectivity index (χ0n) is 4.81. The molecule has 1 saturated heterocycles. The van der Waals surface area contributed by atoms with Gasteiger partial charge in [-0.1, -0.05) is 6.42 Å². The Kier molecular flexibility index (Phi) is 3.83. The van der Waals surface area contributed by atoms with Crippen LogP contribution in [0, 0.1) is 6.92 Å². The van der Waals surface area contributed by atoms with Crippen molar-refractivity contribution in [2.75, 3.05) is 6.61 Å². The molecule has 0 spiro atoms. The first-order valence-electron chi connectivity index (χ1n) is 2.34. The van der Waals surface area contributed by atoms with Gasteiger partial charge in [0, 0.05) is 0 Å². The van der Waals surface area contributed by atoms with Crippen LogP contribution in [0.1, 0.15) is 12.8 Å². The van der Waals surface area contributed by atoms with Crippen LogP contribution in [0.5, 0.6) is 0 Å². The SMILES string of the molecule is [CH2-]CCC1CO1.[Li+]. The van der Waals surface area contributed by atoms with E-state index >= 15 is 0 Å². The van der Waals surface area contributed by atoms with Crippen LogP contribution in [0.3, 0.4) is 0 Å². The molecule has 0 N–H and O–H groups in total. The zero-order valence-corrected chi connectivity index (χ0v) is 4.81. The maximum absolute atomic E-state index is 4.91. The molecule has 36 valence electrons. The fraction of sp³-hybridized carbons (Fsp3) is 0.800. The molecule has 1 aliphatic rings. The van der Waals surface area contributed by atoms with Gasteiger partial charge in [-0.25, -0.2) is 0 Å². The molecule has 1 nitrogen and oxygen atoms in total. The Bertz CT molecular complexity index is 43.3. The van der Waals surface area contributed by atoms with Crippen LogP contribution in [0.4, 0.5) is 0 Å². The molecule has 0 aromatic carbocycles. The molecule has 0 amide bonds. The van der Waals surface area contributed by atoms with Gasteiger partial charge in [-0.3, -0.25) is 0 Å². The van der Waals surface area contributed by atoms with Crippen molar-refractivity contribution < 1.29 is 23.6 Å². The second kappa shape index (κ2) is 3.55. The fourth-order valence-electron chi connectivity index (χ4n) is 0.462. The Morgan fingerprint density at radius 3 is 2.43 bits per heavy atom. The summed E-state index contributed by atoms with van der Waals surface area (Å²) in [5, 5.41) is 0. The summed E-state index contributed by atoms with van der Waals surface area (Å²) in [5.41, 5.74) is 0. The first-order valence-corrected chi connectivity index (χ1v) is 2.34. The van der Waals surface area contributed by atoms with Gasteiger partial charge in [0.15, 0.2) is 0 Å². The minimum absolute atomic E-state index is 0. The first kappa shape index (κ1) is 7.56. The minimum atomic E-state index is 0. The summed E-state index contributed by atoms with van der Waals surface area (Å²) in [5.74, 6) is 0. The predicted octanol–water partition coefficient (Wildman–Crippen LogP) is -2.00. The van der Waals surface area contributed by atoms with Gasteiger partial charge >= 0.3 is 18.9 Å². The average Bonchev–Trinajstić information content (AvgIpc) is 2.21. The number of epoxide rings is 1. The third-order valence-electron chi connectivity index (χ3n) is 0.928. The molecule has 0 saturated carbocycles. The molecule has 0 aliphatic carbocycles. The number of hydrogen-bond acceptors (Lipinski definition) is 1. The van der Waals surface area contributed by atoms with Gasteiger partial charge in [-0.05, 0) is 0 Å². The van der Waals surface area contributed by atoms with Crippen molar-refractivity contribution in [2.24, 2.45) is 0 Å². The Morgan fingerprint density at radius 1 is 1.71 bits per heavy atom. The van der Waals surface area contributed by atoms with Crippen molar-refractivity contribution in [3.05, 3.63) is 6.92 Å². The fourth-order valence-corrected chi connectivity index (χ4v) is 0.462. The second-order valence-electron chi connectivity index (χ2n) is 1.60. The number of hydrogen-bond donors (Lipinski definition) is 0. The molecule has 0 aromatic heterocycles. The molecule has 1 atom stereocenters. The topological polar surface area (TPSA) is 12.5 Å². The Hall–Kier alpha value is 0.557. The zero-order chi connectivity index (χ0) is 4.41. The Labute approximate surface area is 56.6 Å². The first-order chi connectivity index (χ1) is 2.93. The van der Waals surface area contributed by atoms with Crippen molar-refractivity contribution in [1.29, 1.82) is 0 Å². The van der Waals surface area contributed by atoms with Gasteiger partial charge in [0.05, 0.1) is 12.7 Å². The summed E-state index contributed by atoms with van der Waals surface area (Å²) in [6, 6.07) is 0. The van der Waals surface area contributed by atoms with Crippen LogP contribution in [-0.4, -0.2) is 12.7 Å².